The van der Waals surface area contributed by atoms with Crippen LogP contribution in [0.25, 0.3) is 0 Å². The van der Waals surface area contributed by atoms with Crippen molar-refractivity contribution in [3.63, 3.8) is 0 Å². The average molecular weight is 282 g/mol. The van der Waals surface area contributed by atoms with Crippen LogP contribution >= 0.6 is 11.6 Å². The Morgan fingerprint density at radius 3 is 2.58 bits per heavy atom. The lowest BCUT2D eigenvalue weighted by atomic mass is 9.75. The first-order valence-corrected chi connectivity index (χ1v) is 7.06. The first-order valence-electron chi connectivity index (χ1n) is 6.68. The molecular formula is C14H20ClN3O. The van der Waals surface area contributed by atoms with E-state index < -0.39 is 0 Å². The van der Waals surface area contributed by atoms with Gasteiger partial charge in [-0.2, -0.15) is 0 Å². The Bertz CT molecular complexity index is 457. The standard InChI is InChI=1S/C14H20ClN3O/c1-9-8-11(18-13(15)16-9)12(19)17-10-4-6-14(2,3)7-5-10/h8,10H,4-7H2,1-3H3,(H,17,19). The number of nitrogens with zero attached hydrogens (tertiary/aromatic N) is 2. The van der Waals surface area contributed by atoms with Gasteiger partial charge in [0.1, 0.15) is 5.69 Å². The van der Waals surface area contributed by atoms with Gasteiger partial charge in [-0.25, -0.2) is 9.97 Å². The highest BCUT2D eigenvalue weighted by Gasteiger charge is 2.27. The molecule has 0 saturated heterocycles. The van der Waals surface area contributed by atoms with E-state index in [4.69, 9.17) is 11.6 Å². The van der Waals surface area contributed by atoms with E-state index in [-0.39, 0.29) is 17.2 Å². The summed E-state index contributed by atoms with van der Waals surface area (Å²) >= 11 is 5.77. The largest absolute Gasteiger partial charge is 0.348 e. The van der Waals surface area contributed by atoms with Crippen LogP contribution in [0.3, 0.4) is 0 Å². The van der Waals surface area contributed by atoms with E-state index in [1.165, 1.54) is 0 Å². The summed E-state index contributed by atoms with van der Waals surface area (Å²) in [5.74, 6) is -0.155. The van der Waals surface area contributed by atoms with Crippen LogP contribution in [0.5, 0.6) is 0 Å². The third kappa shape index (κ3) is 3.90. The van der Waals surface area contributed by atoms with Crippen LogP contribution in [0.1, 0.15) is 55.7 Å². The number of aromatic nitrogens is 2. The second-order valence-corrected chi connectivity index (χ2v) is 6.41. The zero-order valence-corrected chi connectivity index (χ0v) is 12.4. The second-order valence-electron chi connectivity index (χ2n) is 6.08. The number of carbonyl (C=O) groups excluding carboxylic acids is 1. The Kier molecular flexibility index (Phi) is 4.09. The van der Waals surface area contributed by atoms with Crippen LogP contribution in [0, 0.1) is 12.3 Å². The maximum atomic E-state index is 12.1. The molecule has 5 heteroatoms. The minimum Gasteiger partial charge on any atom is -0.348 e. The molecule has 0 aliphatic heterocycles. The SMILES string of the molecule is Cc1cc(C(=O)NC2CCC(C)(C)CC2)nc(Cl)n1. The monoisotopic (exact) mass is 281 g/mol. The zero-order valence-electron chi connectivity index (χ0n) is 11.7. The third-order valence-corrected chi connectivity index (χ3v) is 3.90. The van der Waals surface area contributed by atoms with Gasteiger partial charge in [0.2, 0.25) is 5.28 Å². The van der Waals surface area contributed by atoms with E-state index in [0.29, 0.717) is 16.8 Å². The molecule has 1 N–H and O–H groups in total. The topological polar surface area (TPSA) is 54.9 Å². The highest BCUT2D eigenvalue weighted by Crippen LogP contribution is 2.35. The van der Waals surface area contributed by atoms with Crippen LogP contribution < -0.4 is 5.32 Å². The van der Waals surface area contributed by atoms with Crippen molar-refractivity contribution in [2.24, 2.45) is 5.41 Å². The summed E-state index contributed by atoms with van der Waals surface area (Å²) in [5, 5.41) is 3.16. The van der Waals surface area contributed by atoms with E-state index in [9.17, 15) is 4.79 Å². The van der Waals surface area contributed by atoms with Gasteiger partial charge in [-0.1, -0.05) is 13.8 Å². The smallest absolute Gasteiger partial charge is 0.270 e. The van der Waals surface area contributed by atoms with E-state index in [1.54, 1.807) is 13.0 Å². The van der Waals surface area contributed by atoms with Gasteiger partial charge in [-0.3, -0.25) is 4.79 Å². The Morgan fingerprint density at radius 1 is 1.37 bits per heavy atom. The van der Waals surface area contributed by atoms with Gasteiger partial charge in [-0.15, -0.1) is 0 Å². The number of nitrogens with one attached hydrogen (secondary N) is 1. The maximum absolute atomic E-state index is 12.1. The van der Waals surface area contributed by atoms with Crippen LogP contribution in [0.15, 0.2) is 6.07 Å². The molecule has 19 heavy (non-hydrogen) atoms. The molecule has 1 heterocycles. The predicted molar refractivity (Wildman–Crippen MR) is 75.3 cm³/mol. The molecule has 2 rings (SSSR count). The van der Waals surface area contributed by atoms with Crippen molar-refractivity contribution >= 4 is 17.5 Å². The molecule has 1 saturated carbocycles. The molecular weight excluding hydrogens is 262 g/mol. The first-order chi connectivity index (χ1) is 8.85. The molecule has 1 aliphatic carbocycles. The van der Waals surface area contributed by atoms with Crippen molar-refractivity contribution < 1.29 is 4.79 Å². The fraction of sp³-hybridized carbons (Fsp3) is 0.643. The van der Waals surface area contributed by atoms with Gasteiger partial charge >= 0.3 is 0 Å². The normalized spacial score (nSPS) is 19.2. The minimum absolute atomic E-state index is 0.120. The summed E-state index contributed by atoms with van der Waals surface area (Å²) in [7, 11) is 0. The molecule has 0 bridgehead atoms. The fourth-order valence-corrected chi connectivity index (χ4v) is 2.68. The molecule has 0 unspecified atom stereocenters. The lowest BCUT2D eigenvalue weighted by Crippen LogP contribution is -2.39. The Balaban J connectivity index is 1.98. The van der Waals surface area contributed by atoms with Gasteiger partial charge < -0.3 is 5.32 Å². The lowest BCUT2D eigenvalue weighted by Gasteiger charge is -2.34. The zero-order chi connectivity index (χ0) is 14.0. The molecule has 0 atom stereocenters. The van der Waals surface area contributed by atoms with Gasteiger partial charge in [0.05, 0.1) is 0 Å². The molecule has 1 amide bonds. The molecule has 1 aliphatic rings. The van der Waals surface area contributed by atoms with Gasteiger partial charge in [0.15, 0.2) is 0 Å². The number of halogens is 1. The van der Waals surface area contributed by atoms with E-state index in [0.717, 1.165) is 25.7 Å². The molecule has 0 radical (unpaired) electrons. The Morgan fingerprint density at radius 2 is 2.00 bits per heavy atom. The molecule has 0 aromatic carbocycles. The summed E-state index contributed by atoms with van der Waals surface area (Å²) in [5.41, 5.74) is 1.45. The van der Waals surface area contributed by atoms with Crippen LogP contribution in [-0.2, 0) is 0 Å². The highest BCUT2D eigenvalue weighted by molar-refractivity contribution is 6.28. The highest BCUT2D eigenvalue weighted by atomic mass is 35.5. The van der Waals surface area contributed by atoms with Crippen molar-refractivity contribution in [3.8, 4) is 0 Å². The van der Waals surface area contributed by atoms with E-state index in [2.05, 4.69) is 29.1 Å². The number of amides is 1. The van der Waals surface area contributed by atoms with Crippen LogP contribution in [-0.4, -0.2) is 21.9 Å². The second kappa shape index (κ2) is 5.45. The number of aryl methyl sites for hydroxylation is 1. The summed E-state index contributed by atoms with van der Waals surface area (Å²) in [4.78, 5) is 20.0. The lowest BCUT2D eigenvalue weighted by molar-refractivity contribution is 0.0903. The molecule has 104 valence electrons. The number of rotatable bonds is 2. The van der Waals surface area contributed by atoms with E-state index >= 15 is 0 Å². The molecule has 1 aromatic heterocycles. The summed E-state index contributed by atoms with van der Waals surface area (Å²) < 4.78 is 0. The number of hydrogen-bond donors (Lipinski definition) is 1. The minimum atomic E-state index is -0.155. The summed E-state index contributed by atoms with van der Waals surface area (Å²) in [6.07, 6.45) is 4.33. The molecule has 0 spiro atoms. The molecule has 4 nitrogen and oxygen atoms in total. The van der Waals surface area contributed by atoms with Gasteiger partial charge in [0.25, 0.3) is 5.91 Å². The summed E-state index contributed by atoms with van der Waals surface area (Å²) in [6, 6.07) is 1.91. The number of hydrogen-bond acceptors (Lipinski definition) is 3. The average Bonchev–Trinajstić information content (AvgIpc) is 2.30. The molecule has 1 aromatic rings. The third-order valence-electron chi connectivity index (χ3n) is 3.73. The summed E-state index contributed by atoms with van der Waals surface area (Å²) in [6.45, 7) is 6.35. The van der Waals surface area contributed by atoms with Gasteiger partial charge in [0, 0.05) is 11.7 Å². The van der Waals surface area contributed by atoms with Crippen molar-refractivity contribution in [1.29, 1.82) is 0 Å². The Hall–Kier alpha value is -1.16. The molecule has 1 fully saturated rings. The Labute approximate surface area is 119 Å². The first kappa shape index (κ1) is 14.3. The van der Waals surface area contributed by atoms with Gasteiger partial charge in [-0.05, 0) is 55.7 Å². The quantitative estimate of drug-likeness (QED) is 0.848. The van der Waals surface area contributed by atoms with Crippen molar-refractivity contribution in [3.05, 3.63) is 22.7 Å². The van der Waals surface area contributed by atoms with Crippen molar-refractivity contribution in [2.45, 2.75) is 52.5 Å². The maximum Gasteiger partial charge on any atom is 0.270 e. The van der Waals surface area contributed by atoms with Crippen LogP contribution in [0.2, 0.25) is 5.28 Å². The van der Waals surface area contributed by atoms with Crippen molar-refractivity contribution in [1.82, 2.24) is 15.3 Å². The van der Waals surface area contributed by atoms with Crippen LogP contribution in [0.4, 0.5) is 0 Å². The number of carbonyl (C=O) groups is 1. The fourth-order valence-electron chi connectivity index (χ4n) is 2.45. The van der Waals surface area contributed by atoms with Crippen molar-refractivity contribution in [2.75, 3.05) is 0 Å². The van der Waals surface area contributed by atoms with E-state index in [1.807, 2.05) is 0 Å². The predicted octanol–water partition coefficient (Wildman–Crippen LogP) is 3.14.